The van der Waals surface area contributed by atoms with Gasteiger partial charge in [-0.3, -0.25) is 14.4 Å². The normalized spacial score (nSPS) is 10.3. The van der Waals surface area contributed by atoms with Crippen molar-refractivity contribution in [3.05, 3.63) is 51.4 Å². The van der Waals surface area contributed by atoms with Gasteiger partial charge in [-0.1, -0.05) is 23.7 Å². The van der Waals surface area contributed by atoms with Gasteiger partial charge in [-0.15, -0.1) is 11.3 Å². The molecular weight excluding hydrogens is 374 g/mol. The third-order valence-corrected chi connectivity index (χ3v) is 5.08. The SMILES string of the molecule is Cc1cc(NC(=O)c2ccccc2Cl)sc1C(=O)NCCC(=O)N(C)C. The zero-order valence-corrected chi connectivity index (χ0v) is 16.3. The highest BCUT2D eigenvalue weighted by molar-refractivity contribution is 7.18. The molecule has 0 fully saturated rings. The molecule has 8 heteroatoms. The number of aryl methyl sites for hydroxylation is 1. The van der Waals surface area contributed by atoms with Gasteiger partial charge in [0.25, 0.3) is 11.8 Å². The Hall–Kier alpha value is -2.38. The van der Waals surface area contributed by atoms with E-state index in [1.165, 1.54) is 16.2 Å². The van der Waals surface area contributed by atoms with E-state index in [9.17, 15) is 14.4 Å². The lowest BCUT2D eigenvalue weighted by Gasteiger charge is -2.10. The van der Waals surface area contributed by atoms with Crippen molar-refractivity contribution in [2.45, 2.75) is 13.3 Å². The van der Waals surface area contributed by atoms with E-state index < -0.39 is 0 Å². The number of hydrogen-bond acceptors (Lipinski definition) is 4. The van der Waals surface area contributed by atoms with Crippen LogP contribution in [0.4, 0.5) is 5.00 Å². The Labute approximate surface area is 161 Å². The highest BCUT2D eigenvalue weighted by atomic mass is 35.5. The molecule has 0 radical (unpaired) electrons. The molecular formula is C18H20ClN3O3S. The van der Waals surface area contributed by atoms with Crippen LogP contribution in [0.25, 0.3) is 0 Å². The second kappa shape index (κ2) is 8.82. The predicted octanol–water partition coefficient (Wildman–Crippen LogP) is 3.17. The second-order valence-corrected chi connectivity index (χ2v) is 7.31. The fraction of sp³-hybridized carbons (Fsp3) is 0.278. The van der Waals surface area contributed by atoms with Gasteiger partial charge in [0.2, 0.25) is 5.91 Å². The summed E-state index contributed by atoms with van der Waals surface area (Å²) >= 11 is 7.20. The lowest BCUT2D eigenvalue weighted by Crippen LogP contribution is -2.30. The van der Waals surface area contributed by atoms with E-state index in [1.54, 1.807) is 51.4 Å². The maximum atomic E-state index is 12.3. The molecule has 2 N–H and O–H groups in total. The smallest absolute Gasteiger partial charge is 0.261 e. The van der Waals surface area contributed by atoms with Crippen molar-refractivity contribution in [3.8, 4) is 0 Å². The largest absolute Gasteiger partial charge is 0.351 e. The maximum Gasteiger partial charge on any atom is 0.261 e. The molecule has 0 aliphatic carbocycles. The zero-order valence-electron chi connectivity index (χ0n) is 14.8. The summed E-state index contributed by atoms with van der Waals surface area (Å²) in [6.07, 6.45) is 0.235. The number of nitrogens with one attached hydrogen (secondary N) is 2. The monoisotopic (exact) mass is 393 g/mol. The van der Waals surface area contributed by atoms with E-state index in [4.69, 9.17) is 11.6 Å². The number of anilines is 1. The highest BCUT2D eigenvalue weighted by Gasteiger charge is 2.17. The number of nitrogens with zero attached hydrogens (tertiary/aromatic N) is 1. The van der Waals surface area contributed by atoms with Gasteiger partial charge in [-0.25, -0.2) is 0 Å². The van der Waals surface area contributed by atoms with Gasteiger partial charge in [0.05, 0.1) is 20.5 Å². The van der Waals surface area contributed by atoms with Gasteiger partial charge in [0.15, 0.2) is 0 Å². The van der Waals surface area contributed by atoms with Crippen LogP contribution in [0, 0.1) is 6.92 Å². The summed E-state index contributed by atoms with van der Waals surface area (Å²) in [4.78, 5) is 38.1. The summed E-state index contributed by atoms with van der Waals surface area (Å²) in [5, 5.41) is 6.40. The Balaban J connectivity index is 2.00. The molecule has 1 aromatic heterocycles. The summed E-state index contributed by atoms with van der Waals surface area (Å²) in [6.45, 7) is 2.05. The van der Waals surface area contributed by atoms with Crippen LogP contribution in [0.2, 0.25) is 5.02 Å². The van der Waals surface area contributed by atoms with E-state index in [2.05, 4.69) is 10.6 Å². The summed E-state index contributed by atoms with van der Waals surface area (Å²) < 4.78 is 0. The molecule has 0 atom stereocenters. The van der Waals surface area contributed by atoms with Crippen molar-refractivity contribution in [1.29, 1.82) is 0 Å². The first-order chi connectivity index (χ1) is 12.3. The minimum absolute atomic E-state index is 0.0547. The van der Waals surface area contributed by atoms with E-state index in [0.717, 1.165) is 5.56 Å². The summed E-state index contributed by atoms with van der Waals surface area (Å²) in [6, 6.07) is 8.49. The van der Waals surface area contributed by atoms with Crippen molar-refractivity contribution in [2.24, 2.45) is 0 Å². The van der Waals surface area contributed by atoms with Gasteiger partial charge in [0, 0.05) is 27.1 Å². The number of benzene rings is 1. The lowest BCUT2D eigenvalue weighted by atomic mass is 10.2. The van der Waals surface area contributed by atoms with Crippen LogP contribution in [0.15, 0.2) is 30.3 Å². The molecule has 2 rings (SSSR count). The first-order valence-corrected chi connectivity index (χ1v) is 9.13. The minimum Gasteiger partial charge on any atom is -0.351 e. The van der Waals surface area contributed by atoms with Crippen LogP contribution in [-0.2, 0) is 4.79 Å². The molecule has 3 amide bonds. The molecule has 26 heavy (non-hydrogen) atoms. The van der Waals surface area contributed by atoms with Crippen LogP contribution in [0.3, 0.4) is 0 Å². The first-order valence-electron chi connectivity index (χ1n) is 7.94. The molecule has 2 aromatic rings. The molecule has 1 heterocycles. The van der Waals surface area contributed by atoms with Crippen LogP contribution in [0.5, 0.6) is 0 Å². The third-order valence-electron chi connectivity index (χ3n) is 3.60. The van der Waals surface area contributed by atoms with Crippen LogP contribution >= 0.6 is 22.9 Å². The molecule has 0 aliphatic rings. The highest BCUT2D eigenvalue weighted by Crippen LogP contribution is 2.27. The van der Waals surface area contributed by atoms with Crippen molar-refractivity contribution in [1.82, 2.24) is 10.2 Å². The van der Waals surface area contributed by atoms with Crippen molar-refractivity contribution < 1.29 is 14.4 Å². The molecule has 6 nitrogen and oxygen atoms in total. The Morgan fingerprint density at radius 1 is 1.15 bits per heavy atom. The van der Waals surface area contributed by atoms with Gasteiger partial charge >= 0.3 is 0 Å². The standard InChI is InChI=1S/C18H20ClN3O3S/c1-11-10-14(21-17(24)12-6-4-5-7-13(12)19)26-16(11)18(25)20-9-8-15(23)22(2)3/h4-7,10H,8-9H2,1-3H3,(H,20,25)(H,21,24). The van der Waals surface area contributed by atoms with Gasteiger partial charge in [-0.05, 0) is 30.7 Å². The van der Waals surface area contributed by atoms with Crippen LogP contribution < -0.4 is 10.6 Å². The molecule has 0 spiro atoms. The number of thiophene rings is 1. The van der Waals surface area contributed by atoms with Crippen molar-refractivity contribution >= 4 is 45.7 Å². The summed E-state index contributed by atoms with van der Waals surface area (Å²) in [7, 11) is 3.34. The lowest BCUT2D eigenvalue weighted by molar-refractivity contribution is -0.128. The fourth-order valence-corrected chi connectivity index (χ4v) is 3.39. The first kappa shape index (κ1) is 19.9. The van der Waals surface area contributed by atoms with Gasteiger partial charge in [-0.2, -0.15) is 0 Å². The Morgan fingerprint density at radius 2 is 1.85 bits per heavy atom. The molecule has 0 unspecified atom stereocenters. The van der Waals surface area contributed by atoms with E-state index >= 15 is 0 Å². The molecule has 0 saturated carbocycles. The average molecular weight is 394 g/mol. The quantitative estimate of drug-likeness (QED) is 0.791. The second-order valence-electron chi connectivity index (χ2n) is 5.85. The number of amides is 3. The number of halogens is 1. The number of carbonyl (C=O) groups is 3. The van der Waals surface area contributed by atoms with Crippen molar-refractivity contribution in [2.75, 3.05) is 26.0 Å². The Bertz CT molecular complexity index is 833. The number of hydrogen-bond donors (Lipinski definition) is 2. The minimum atomic E-state index is -0.333. The Morgan fingerprint density at radius 3 is 2.50 bits per heavy atom. The van der Waals surface area contributed by atoms with Crippen LogP contribution in [0.1, 0.15) is 32.0 Å². The molecule has 1 aromatic carbocycles. The Kier molecular flexibility index (Phi) is 6.76. The van der Waals surface area contributed by atoms with E-state index in [1.807, 2.05) is 0 Å². The van der Waals surface area contributed by atoms with Crippen LogP contribution in [-0.4, -0.2) is 43.3 Å². The van der Waals surface area contributed by atoms with Crippen molar-refractivity contribution in [3.63, 3.8) is 0 Å². The average Bonchev–Trinajstić information content (AvgIpc) is 2.95. The molecule has 0 aliphatic heterocycles. The zero-order chi connectivity index (χ0) is 19.3. The molecule has 138 valence electrons. The molecule has 0 bridgehead atoms. The summed E-state index contributed by atoms with van der Waals surface area (Å²) in [5.74, 6) is -0.654. The summed E-state index contributed by atoms with van der Waals surface area (Å²) in [5.41, 5.74) is 1.12. The maximum absolute atomic E-state index is 12.3. The third kappa shape index (κ3) is 5.06. The van der Waals surface area contributed by atoms with E-state index in [0.29, 0.717) is 20.5 Å². The predicted molar refractivity (Wildman–Crippen MR) is 104 cm³/mol. The van der Waals surface area contributed by atoms with Gasteiger partial charge < -0.3 is 15.5 Å². The number of rotatable bonds is 6. The van der Waals surface area contributed by atoms with E-state index in [-0.39, 0.29) is 30.7 Å². The van der Waals surface area contributed by atoms with Gasteiger partial charge in [0.1, 0.15) is 0 Å². The fourth-order valence-electron chi connectivity index (χ4n) is 2.18. The molecule has 0 saturated heterocycles. The number of carbonyl (C=O) groups excluding carboxylic acids is 3. The topological polar surface area (TPSA) is 78.5 Å².